The highest BCUT2D eigenvalue weighted by Gasteiger charge is 2.16. The zero-order chi connectivity index (χ0) is 15.6. The molecule has 21 heavy (non-hydrogen) atoms. The monoisotopic (exact) mass is 301 g/mol. The second kappa shape index (κ2) is 5.94. The van der Waals surface area contributed by atoms with Crippen molar-refractivity contribution in [2.24, 2.45) is 0 Å². The summed E-state index contributed by atoms with van der Waals surface area (Å²) in [6.45, 7) is 6.13. The minimum absolute atomic E-state index is 0.0440. The summed E-state index contributed by atoms with van der Waals surface area (Å²) in [5.74, 6) is 0. The first-order chi connectivity index (χ1) is 9.92. The third-order valence-corrected chi connectivity index (χ3v) is 4.23. The van der Waals surface area contributed by atoms with Crippen LogP contribution in [0.1, 0.15) is 33.8 Å². The number of thiophene rings is 1. The molecule has 108 valence electrons. The summed E-state index contributed by atoms with van der Waals surface area (Å²) >= 11 is 1.73. The van der Waals surface area contributed by atoms with Gasteiger partial charge in [-0.2, -0.15) is 5.26 Å². The molecule has 0 aliphatic carbocycles. The van der Waals surface area contributed by atoms with Crippen molar-refractivity contribution in [3.8, 4) is 6.07 Å². The molecule has 5 nitrogen and oxygen atoms in total. The minimum Gasteiger partial charge on any atom is -0.378 e. The van der Waals surface area contributed by atoms with E-state index in [9.17, 15) is 10.1 Å². The molecule has 1 aromatic carbocycles. The Kier molecular flexibility index (Phi) is 4.24. The Morgan fingerprint density at radius 2 is 2.10 bits per heavy atom. The Bertz CT molecular complexity index is 731. The van der Waals surface area contributed by atoms with Gasteiger partial charge in [0.05, 0.1) is 4.92 Å². The molecule has 0 aliphatic heterocycles. The standard InChI is InChI=1S/C15H15N3O2S/c1-9-6-14(11(3)21-9)10(2)17-13-5-4-12(8-16)15(7-13)18(19)20/h4-7,10,17H,1-3H3. The molecular formula is C15H15N3O2S. The van der Waals surface area contributed by atoms with Crippen molar-refractivity contribution in [1.82, 2.24) is 0 Å². The molecule has 0 amide bonds. The lowest BCUT2D eigenvalue weighted by atomic mass is 10.1. The molecule has 6 heteroatoms. The number of nitro benzene ring substituents is 1. The molecule has 1 heterocycles. The van der Waals surface area contributed by atoms with Gasteiger partial charge < -0.3 is 5.32 Å². The van der Waals surface area contributed by atoms with Gasteiger partial charge in [0.1, 0.15) is 11.6 Å². The Morgan fingerprint density at radius 1 is 1.38 bits per heavy atom. The SMILES string of the molecule is Cc1cc(C(C)Nc2ccc(C#N)c([N+](=O)[O-])c2)c(C)s1. The van der Waals surface area contributed by atoms with Gasteiger partial charge in [-0.15, -0.1) is 11.3 Å². The number of hydrogen-bond acceptors (Lipinski definition) is 5. The second-order valence-corrected chi connectivity index (χ2v) is 6.30. The van der Waals surface area contributed by atoms with Crippen molar-refractivity contribution < 1.29 is 4.92 Å². The van der Waals surface area contributed by atoms with E-state index in [2.05, 4.69) is 25.2 Å². The highest BCUT2D eigenvalue weighted by atomic mass is 32.1. The Balaban J connectivity index is 2.28. The smallest absolute Gasteiger partial charge is 0.289 e. The summed E-state index contributed by atoms with van der Waals surface area (Å²) < 4.78 is 0. The van der Waals surface area contributed by atoms with Crippen LogP contribution in [0.25, 0.3) is 0 Å². The molecule has 0 fully saturated rings. The van der Waals surface area contributed by atoms with Crippen molar-refractivity contribution in [1.29, 1.82) is 5.26 Å². The number of nitriles is 1. The van der Waals surface area contributed by atoms with Crippen LogP contribution in [0.5, 0.6) is 0 Å². The Labute approximate surface area is 127 Å². The molecule has 0 spiro atoms. The lowest BCUT2D eigenvalue weighted by Gasteiger charge is -2.15. The molecule has 1 N–H and O–H groups in total. The number of benzene rings is 1. The Hall–Kier alpha value is -2.39. The molecular weight excluding hydrogens is 286 g/mol. The summed E-state index contributed by atoms with van der Waals surface area (Å²) in [7, 11) is 0. The molecule has 2 rings (SSSR count). The number of aryl methyl sites for hydroxylation is 2. The van der Waals surface area contributed by atoms with E-state index in [-0.39, 0.29) is 17.3 Å². The van der Waals surface area contributed by atoms with Gasteiger partial charge in [-0.25, -0.2) is 0 Å². The van der Waals surface area contributed by atoms with Crippen LogP contribution in [-0.4, -0.2) is 4.92 Å². The van der Waals surface area contributed by atoms with Gasteiger partial charge in [-0.1, -0.05) is 0 Å². The molecule has 1 atom stereocenters. The maximum Gasteiger partial charge on any atom is 0.289 e. The summed E-state index contributed by atoms with van der Waals surface area (Å²) in [6, 6.07) is 8.57. The van der Waals surface area contributed by atoms with Crippen LogP contribution in [-0.2, 0) is 0 Å². The van der Waals surface area contributed by atoms with Crippen LogP contribution in [0.3, 0.4) is 0 Å². The Morgan fingerprint density at radius 3 is 2.62 bits per heavy atom. The number of nitrogens with zero attached hydrogens (tertiary/aromatic N) is 2. The van der Waals surface area contributed by atoms with Crippen molar-refractivity contribution in [3.63, 3.8) is 0 Å². The van der Waals surface area contributed by atoms with Crippen molar-refractivity contribution in [2.45, 2.75) is 26.8 Å². The molecule has 1 unspecified atom stereocenters. The fraction of sp³-hybridized carbons (Fsp3) is 0.267. The van der Waals surface area contributed by atoms with E-state index in [0.717, 1.165) is 0 Å². The van der Waals surface area contributed by atoms with Crippen molar-refractivity contribution in [3.05, 3.63) is 55.3 Å². The maximum atomic E-state index is 11.0. The van der Waals surface area contributed by atoms with E-state index in [1.807, 2.05) is 13.0 Å². The summed E-state index contributed by atoms with van der Waals surface area (Å²) in [4.78, 5) is 12.9. The van der Waals surface area contributed by atoms with Crippen LogP contribution in [0.15, 0.2) is 24.3 Å². The molecule has 1 aromatic heterocycles. The first-order valence-electron chi connectivity index (χ1n) is 6.44. The fourth-order valence-corrected chi connectivity index (χ4v) is 3.30. The van der Waals surface area contributed by atoms with E-state index in [0.29, 0.717) is 5.69 Å². The van der Waals surface area contributed by atoms with Gasteiger partial charge in [0.15, 0.2) is 0 Å². The van der Waals surface area contributed by atoms with Gasteiger partial charge in [0.2, 0.25) is 0 Å². The zero-order valence-electron chi connectivity index (χ0n) is 12.0. The molecule has 0 saturated heterocycles. The molecule has 0 aliphatic rings. The van der Waals surface area contributed by atoms with E-state index in [1.54, 1.807) is 17.4 Å². The van der Waals surface area contributed by atoms with Crippen LogP contribution >= 0.6 is 11.3 Å². The number of rotatable bonds is 4. The molecule has 0 bridgehead atoms. The van der Waals surface area contributed by atoms with E-state index in [4.69, 9.17) is 5.26 Å². The second-order valence-electron chi connectivity index (χ2n) is 4.84. The topological polar surface area (TPSA) is 79.0 Å². The number of anilines is 1. The largest absolute Gasteiger partial charge is 0.378 e. The molecule has 2 aromatic rings. The lowest BCUT2D eigenvalue weighted by Crippen LogP contribution is -2.07. The average molecular weight is 301 g/mol. The third-order valence-electron chi connectivity index (χ3n) is 3.24. The average Bonchev–Trinajstić information content (AvgIpc) is 2.77. The predicted octanol–water partition coefficient (Wildman–Crippen LogP) is 4.32. The molecule has 0 radical (unpaired) electrons. The maximum absolute atomic E-state index is 11.0. The lowest BCUT2D eigenvalue weighted by molar-refractivity contribution is -0.385. The van der Waals surface area contributed by atoms with Gasteiger partial charge >= 0.3 is 0 Å². The van der Waals surface area contributed by atoms with Crippen LogP contribution < -0.4 is 5.32 Å². The van der Waals surface area contributed by atoms with Crippen LogP contribution in [0, 0.1) is 35.3 Å². The van der Waals surface area contributed by atoms with Gasteiger partial charge in [0.25, 0.3) is 5.69 Å². The van der Waals surface area contributed by atoms with E-state index >= 15 is 0 Å². The third kappa shape index (κ3) is 3.20. The van der Waals surface area contributed by atoms with Crippen molar-refractivity contribution in [2.75, 3.05) is 5.32 Å². The van der Waals surface area contributed by atoms with Crippen LogP contribution in [0.4, 0.5) is 11.4 Å². The number of nitrogens with one attached hydrogen (secondary N) is 1. The van der Waals surface area contributed by atoms with Gasteiger partial charge in [-0.05, 0) is 44.5 Å². The quantitative estimate of drug-likeness (QED) is 0.673. The van der Waals surface area contributed by atoms with E-state index < -0.39 is 4.92 Å². The summed E-state index contributed by atoms with van der Waals surface area (Å²) in [6.07, 6.45) is 0. The van der Waals surface area contributed by atoms with Crippen molar-refractivity contribution >= 4 is 22.7 Å². The summed E-state index contributed by atoms with van der Waals surface area (Å²) in [5, 5.41) is 23.1. The van der Waals surface area contributed by atoms with Gasteiger partial charge in [-0.3, -0.25) is 10.1 Å². The number of hydrogen-bond donors (Lipinski definition) is 1. The van der Waals surface area contributed by atoms with Crippen LogP contribution in [0.2, 0.25) is 0 Å². The first kappa shape index (κ1) is 15.0. The molecule has 0 saturated carbocycles. The fourth-order valence-electron chi connectivity index (χ4n) is 2.28. The first-order valence-corrected chi connectivity index (χ1v) is 7.26. The highest BCUT2D eigenvalue weighted by molar-refractivity contribution is 7.12. The normalized spacial score (nSPS) is 11.7. The zero-order valence-corrected chi connectivity index (χ0v) is 12.8. The van der Waals surface area contributed by atoms with E-state index in [1.165, 1.54) is 27.5 Å². The summed E-state index contributed by atoms with van der Waals surface area (Å²) in [5.41, 5.74) is 1.72. The van der Waals surface area contributed by atoms with Gasteiger partial charge in [0, 0.05) is 27.5 Å². The number of nitro groups is 1. The highest BCUT2D eigenvalue weighted by Crippen LogP contribution is 2.30. The minimum atomic E-state index is -0.533. The predicted molar refractivity (Wildman–Crippen MR) is 83.6 cm³/mol.